The standard InChI is InChI=1S/C28H29N5O4/c1-18-3-5-22(13-19(18)2)33-16-21(15-27(33)34)28(35)32-11-9-31(10-12-32)26-8-6-23(29-30-26)20-4-7-24-25(14-20)37-17-36-24/h3-8,13-14,21H,9-12,15-17H2,1-2H3. The predicted molar refractivity (Wildman–Crippen MR) is 139 cm³/mol. The molecule has 0 spiro atoms. The van der Waals surface area contributed by atoms with Crippen molar-refractivity contribution in [1.29, 1.82) is 0 Å². The lowest BCUT2D eigenvalue weighted by Gasteiger charge is -2.36. The number of benzene rings is 2. The second-order valence-electron chi connectivity index (χ2n) is 9.83. The van der Waals surface area contributed by atoms with Crippen molar-refractivity contribution >= 4 is 23.3 Å². The lowest BCUT2D eigenvalue weighted by atomic mass is 10.1. The number of piperazine rings is 1. The van der Waals surface area contributed by atoms with Gasteiger partial charge in [-0.1, -0.05) is 6.07 Å². The Hall–Kier alpha value is -4.14. The van der Waals surface area contributed by atoms with Gasteiger partial charge in [0.1, 0.15) is 0 Å². The van der Waals surface area contributed by atoms with Crippen LogP contribution >= 0.6 is 0 Å². The molecule has 2 amide bonds. The van der Waals surface area contributed by atoms with Gasteiger partial charge in [-0.3, -0.25) is 9.59 Å². The van der Waals surface area contributed by atoms with Crippen LogP contribution in [0.4, 0.5) is 11.5 Å². The molecule has 1 aromatic heterocycles. The van der Waals surface area contributed by atoms with Gasteiger partial charge in [0.25, 0.3) is 0 Å². The second kappa shape index (κ2) is 9.38. The highest BCUT2D eigenvalue weighted by atomic mass is 16.7. The molecule has 1 unspecified atom stereocenters. The molecular formula is C28H29N5O4. The van der Waals surface area contributed by atoms with Gasteiger partial charge in [-0.15, -0.1) is 10.2 Å². The van der Waals surface area contributed by atoms with Crippen molar-refractivity contribution in [2.45, 2.75) is 20.3 Å². The third kappa shape index (κ3) is 4.45. The van der Waals surface area contributed by atoms with Crippen LogP contribution in [0.25, 0.3) is 11.3 Å². The zero-order valence-corrected chi connectivity index (χ0v) is 21.0. The minimum absolute atomic E-state index is 0.0121. The maximum atomic E-state index is 13.3. The Kier molecular flexibility index (Phi) is 5.90. The summed E-state index contributed by atoms with van der Waals surface area (Å²) >= 11 is 0. The zero-order chi connectivity index (χ0) is 25.5. The Bertz CT molecular complexity index is 1350. The van der Waals surface area contributed by atoms with Gasteiger partial charge in [-0.2, -0.15) is 0 Å². The van der Waals surface area contributed by atoms with Crippen molar-refractivity contribution in [1.82, 2.24) is 15.1 Å². The fourth-order valence-corrected chi connectivity index (χ4v) is 5.13. The molecule has 2 aromatic carbocycles. The Morgan fingerprint density at radius 3 is 2.46 bits per heavy atom. The summed E-state index contributed by atoms with van der Waals surface area (Å²) in [6, 6.07) is 15.6. The van der Waals surface area contributed by atoms with Crippen molar-refractivity contribution in [2.75, 3.05) is 49.3 Å². The monoisotopic (exact) mass is 499 g/mol. The van der Waals surface area contributed by atoms with E-state index >= 15 is 0 Å². The van der Waals surface area contributed by atoms with Gasteiger partial charge in [-0.25, -0.2) is 0 Å². The number of hydrogen-bond donors (Lipinski definition) is 0. The van der Waals surface area contributed by atoms with Gasteiger partial charge in [0.2, 0.25) is 18.6 Å². The highest BCUT2D eigenvalue weighted by Gasteiger charge is 2.38. The fraction of sp³-hybridized carbons (Fsp3) is 0.357. The first-order valence-electron chi connectivity index (χ1n) is 12.6. The van der Waals surface area contributed by atoms with Gasteiger partial charge in [0.15, 0.2) is 17.3 Å². The van der Waals surface area contributed by atoms with Crippen LogP contribution < -0.4 is 19.3 Å². The Morgan fingerprint density at radius 1 is 0.892 bits per heavy atom. The Labute approximate surface area is 215 Å². The van der Waals surface area contributed by atoms with Crippen LogP contribution in [-0.4, -0.2) is 66.4 Å². The van der Waals surface area contributed by atoms with E-state index in [0.29, 0.717) is 38.5 Å². The maximum absolute atomic E-state index is 13.3. The van der Waals surface area contributed by atoms with Crippen LogP contribution in [0.2, 0.25) is 0 Å². The van der Waals surface area contributed by atoms with E-state index < -0.39 is 0 Å². The highest BCUT2D eigenvalue weighted by Crippen LogP contribution is 2.35. The van der Waals surface area contributed by atoms with Gasteiger partial charge >= 0.3 is 0 Å². The normalized spacial score (nSPS) is 19.0. The third-order valence-corrected chi connectivity index (χ3v) is 7.51. The SMILES string of the molecule is Cc1ccc(N2CC(C(=O)N3CCN(c4ccc(-c5ccc6c(c5)OCO6)nn4)CC3)CC2=O)cc1C. The number of rotatable bonds is 4. The van der Waals surface area contributed by atoms with Gasteiger partial charge in [0.05, 0.1) is 11.6 Å². The largest absolute Gasteiger partial charge is 0.454 e. The molecule has 0 aliphatic carbocycles. The minimum Gasteiger partial charge on any atom is -0.454 e. The summed E-state index contributed by atoms with van der Waals surface area (Å²) in [6.45, 7) is 7.30. The summed E-state index contributed by atoms with van der Waals surface area (Å²) in [4.78, 5) is 31.7. The average Bonchev–Trinajstić information content (AvgIpc) is 3.56. The quantitative estimate of drug-likeness (QED) is 0.545. The molecule has 190 valence electrons. The topological polar surface area (TPSA) is 88.1 Å². The summed E-state index contributed by atoms with van der Waals surface area (Å²) in [6.07, 6.45) is 0.263. The number of aryl methyl sites for hydroxylation is 2. The van der Waals surface area contributed by atoms with Gasteiger partial charge in [0, 0.05) is 50.4 Å². The summed E-state index contributed by atoms with van der Waals surface area (Å²) < 4.78 is 10.8. The molecule has 3 aliphatic heterocycles. The fourth-order valence-electron chi connectivity index (χ4n) is 5.13. The highest BCUT2D eigenvalue weighted by molar-refractivity contribution is 6.00. The van der Waals surface area contributed by atoms with Crippen LogP contribution in [0.1, 0.15) is 17.5 Å². The number of aromatic nitrogens is 2. The first-order chi connectivity index (χ1) is 18.0. The molecule has 0 radical (unpaired) electrons. The molecule has 2 fully saturated rings. The number of anilines is 2. The lowest BCUT2D eigenvalue weighted by molar-refractivity contribution is -0.136. The number of fused-ring (bicyclic) bond motifs is 1. The van der Waals surface area contributed by atoms with Gasteiger partial charge < -0.3 is 24.2 Å². The third-order valence-electron chi connectivity index (χ3n) is 7.51. The van der Waals surface area contributed by atoms with Gasteiger partial charge in [-0.05, 0) is 67.4 Å². The number of carbonyl (C=O) groups is 2. The average molecular weight is 500 g/mol. The van der Waals surface area contributed by atoms with E-state index in [9.17, 15) is 9.59 Å². The Balaban J connectivity index is 1.06. The molecule has 37 heavy (non-hydrogen) atoms. The summed E-state index contributed by atoms with van der Waals surface area (Å²) in [5.41, 5.74) is 4.88. The first kappa shape index (κ1) is 23.3. The minimum atomic E-state index is -0.304. The van der Waals surface area contributed by atoms with Crippen LogP contribution in [0, 0.1) is 19.8 Å². The molecule has 0 saturated carbocycles. The molecule has 0 N–H and O–H groups in total. The number of amides is 2. The van der Waals surface area contributed by atoms with E-state index in [0.717, 1.165) is 34.1 Å². The molecule has 3 aliphatic rings. The molecule has 9 heteroatoms. The molecule has 4 heterocycles. The number of ether oxygens (including phenoxy) is 2. The predicted octanol–water partition coefficient (Wildman–Crippen LogP) is 3.19. The van der Waals surface area contributed by atoms with E-state index in [1.807, 2.05) is 60.4 Å². The number of carbonyl (C=O) groups excluding carboxylic acids is 2. The summed E-state index contributed by atoms with van der Waals surface area (Å²) in [5, 5.41) is 8.85. The van der Waals surface area contributed by atoms with Crippen molar-refractivity contribution in [3.63, 3.8) is 0 Å². The first-order valence-corrected chi connectivity index (χ1v) is 12.6. The van der Waals surface area contributed by atoms with E-state index in [1.54, 1.807) is 4.90 Å². The maximum Gasteiger partial charge on any atom is 0.231 e. The lowest BCUT2D eigenvalue weighted by Crippen LogP contribution is -2.51. The van der Waals surface area contributed by atoms with Crippen molar-refractivity contribution in [2.24, 2.45) is 5.92 Å². The molecular weight excluding hydrogens is 470 g/mol. The van der Waals surface area contributed by atoms with Crippen LogP contribution in [0.3, 0.4) is 0 Å². The van der Waals surface area contributed by atoms with Crippen LogP contribution in [0.5, 0.6) is 11.5 Å². The van der Waals surface area contributed by atoms with E-state index in [2.05, 4.69) is 22.0 Å². The number of hydrogen-bond acceptors (Lipinski definition) is 7. The van der Waals surface area contributed by atoms with E-state index in [-0.39, 0.29) is 30.9 Å². The second-order valence-corrected chi connectivity index (χ2v) is 9.83. The molecule has 6 rings (SSSR count). The van der Waals surface area contributed by atoms with Crippen LogP contribution in [-0.2, 0) is 9.59 Å². The van der Waals surface area contributed by atoms with Crippen LogP contribution in [0.15, 0.2) is 48.5 Å². The molecule has 1 atom stereocenters. The zero-order valence-electron chi connectivity index (χ0n) is 21.0. The van der Waals surface area contributed by atoms with Crippen molar-refractivity contribution in [3.8, 4) is 22.8 Å². The number of nitrogens with zero attached hydrogens (tertiary/aromatic N) is 5. The molecule has 2 saturated heterocycles. The van der Waals surface area contributed by atoms with Crippen molar-refractivity contribution < 1.29 is 19.1 Å². The smallest absolute Gasteiger partial charge is 0.231 e. The van der Waals surface area contributed by atoms with E-state index in [1.165, 1.54) is 5.56 Å². The van der Waals surface area contributed by atoms with Crippen molar-refractivity contribution in [3.05, 3.63) is 59.7 Å². The molecule has 3 aromatic rings. The Morgan fingerprint density at radius 2 is 1.70 bits per heavy atom. The van der Waals surface area contributed by atoms with E-state index in [4.69, 9.17) is 9.47 Å². The summed E-state index contributed by atoms with van der Waals surface area (Å²) in [7, 11) is 0. The molecule has 9 nitrogen and oxygen atoms in total. The molecule has 0 bridgehead atoms. The summed E-state index contributed by atoms with van der Waals surface area (Å²) in [5.74, 6) is 2.00.